The lowest BCUT2D eigenvalue weighted by molar-refractivity contribution is 0.206. The molecule has 104 heavy (non-hydrogen) atoms. The van der Waals surface area contributed by atoms with E-state index in [0.29, 0.717) is 46.9 Å². The molecule has 21 nitrogen and oxygen atoms in total. The fourth-order valence-electron chi connectivity index (χ4n) is 16.6. The van der Waals surface area contributed by atoms with Gasteiger partial charge in [0.2, 0.25) is 0 Å². The van der Waals surface area contributed by atoms with Crippen LogP contribution in [0.2, 0.25) is 0 Å². The topological polar surface area (TPSA) is 212 Å². The third-order valence-electron chi connectivity index (χ3n) is 22.4. The predicted octanol–water partition coefficient (Wildman–Crippen LogP) is 11.8. The van der Waals surface area contributed by atoms with Crippen molar-refractivity contribution in [1.82, 2.24) is 73.3 Å². The first-order valence-electron chi connectivity index (χ1n) is 36.2. The number of aliphatic hydroxyl groups excluding tert-OH is 1. The Bertz CT molecular complexity index is 5230. The smallest absolute Gasteiger partial charge is 0.185 e. The highest BCUT2D eigenvalue weighted by molar-refractivity contribution is 5.76. The number of benzene rings is 5. The SMILES string of the molecule is CC(C)[C@@H](CO)NC[C@H]1CCN(c2ccc3c(c2)Cn2cc(-c4ccc(C#N)cc4)cc2-c2nncn2-3)C1.C[C@@H]1CN(c2ccc3c(n2)Cn2cc(-c4ccc(F)cc4)cc2-c2nccn2-3)C[C@@H]1N(C)C.N#Cc1ccc(-c2cc3n(c2)Cc2cc(N4CC5(CCNC5)C4)ccc2-n2ncnc2-3)cc1. The van der Waals surface area contributed by atoms with E-state index in [-0.39, 0.29) is 18.5 Å². The van der Waals surface area contributed by atoms with Crippen LogP contribution in [0.1, 0.15) is 61.6 Å². The summed E-state index contributed by atoms with van der Waals surface area (Å²) < 4.78 is 26.3. The van der Waals surface area contributed by atoms with E-state index in [1.165, 1.54) is 41.1 Å². The molecular formula is C82H83FN20O. The van der Waals surface area contributed by atoms with E-state index in [2.05, 4.69) is 211 Å². The molecule has 0 amide bonds. The maximum absolute atomic E-state index is 13.4. The summed E-state index contributed by atoms with van der Waals surface area (Å²) in [6.07, 6.45) is 16.1. The van der Waals surface area contributed by atoms with Gasteiger partial charge in [-0.05, 0) is 182 Å². The molecule has 0 radical (unpaired) electrons. The summed E-state index contributed by atoms with van der Waals surface area (Å²) in [6.45, 7) is 18.5. The molecule has 0 unspecified atom stereocenters. The van der Waals surface area contributed by atoms with E-state index in [1.807, 2.05) is 77.7 Å². The number of nitriles is 2. The molecule has 3 N–H and O–H groups in total. The van der Waals surface area contributed by atoms with Gasteiger partial charge in [-0.1, -0.05) is 57.2 Å². The van der Waals surface area contributed by atoms with Crippen LogP contribution in [0.5, 0.6) is 0 Å². The summed E-state index contributed by atoms with van der Waals surface area (Å²) >= 11 is 0. The summed E-state index contributed by atoms with van der Waals surface area (Å²) in [7, 11) is 4.31. The zero-order valence-electron chi connectivity index (χ0n) is 59.2. The summed E-state index contributed by atoms with van der Waals surface area (Å²) in [5, 5.41) is 48.3. The molecule has 0 bridgehead atoms. The molecule has 7 aliphatic rings. The van der Waals surface area contributed by atoms with Crippen molar-refractivity contribution in [2.24, 2.45) is 23.2 Å². The van der Waals surface area contributed by atoms with Crippen molar-refractivity contribution < 1.29 is 9.50 Å². The third kappa shape index (κ3) is 12.4. The lowest BCUT2D eigenvalue weighted by Crippen LogP contribution is -2.57. The number of fused-ring (bicyclic) bond motifs is 15. The standard InChI is InChI=1S/C30H33N7O.C26H27FN6.C26H23N7/c1-20(2)27(18-38)32-14-22-9-10-35(15-22)26-7-8-28-25(11-26)17-36-16-24(23-5-3-21(13-31)4-6-23)12-29(36)30-34-33-19-37(28)30;1-17-13-32(16-24(17)30(2)3)25-9-8-22-21(29-25)15-31-14-19(18-4-6-20(27)7-5-18)12-23(31)26-28-10-11-33(22)26;27-11-18-1-3-19(4-2-18)20-10-24-25-29-17-30-33(25)23-6-5-22(9-21(23)13-31(24)12-20)32-15-26(16-32)7-8-28-14-26/h3-8,11-12,16,19-20,22,27,32,38H,9-10,14-15,17-18H2,1-2H3;4-12,14,17,24H,13,15-16H2,1-3H3;1-6,9-10,12,17,28H,7-8,13-16H2/t22-,27-;17-,24+;/m11./s1. The van der Waals surface area contributed by atoms with Gasteiger partial charge in [-0.2, -0.15) is 15.6 Å². The predicted molar refractivity (Wildman–Crippen MR) is 402 cm³/mol. The van der Waals surface area contributed by atoms with E-state index in [1.54, 1.807) is 12.7 Å². The number of nitrogens with one attached hydrogen (secondary N) is 2. The molecule has 19 rings (SSSR count). The molecule has 524 valence electrons. The van der Waals surface area contributed by atoms with Crippen molar-refractivity contribution in [3.05, 3.63) is 217 Å². The van der Waals surface area contributed by atoms with Crippen molar-refractivity contribution in [2.75, 3.05) is 94.3 Å². The number of nitrogens with zero attached hydrogens (tertiary/aromatic N) is 18. The first-order chi connectivity index (χ1) is 50.7. The molecule has 4 fully saturated rings. The minimum Gasteiger partial charge on any atom is -0.395 e. The second-order valence-electron chi connectivity index (χ2n) is 29.8. The van der Waals surface area contributed by atoms with E-state index < -0.39 is 0 Å². The minimum absolute atomic E-state index is 0.152. The highest BCUT2D eigenvalue weighted by atomic mass is 19.1. The molecule has 12 aromatic rings. The highest BCUT2D eigenvalue weighted by Crippen LogP contribution is 2.43. The zero-order chi connectivity index (χ0) is 70.9. The zero-order valence-corrected chi connectivity index (χ0v) is 59.2. The van der Waals surface area contributed by atoms with Crippen molar-refractivity contribution in [2.45, 2.75) is 65.3 Å². The number of anilines is 3. The highest BCUT2D eigenvalue weighted by Gasteiger charge is 2.45. The van der Waals surface area contributed by atoms with Gasteiger partial charge in [0.05, 0.1) is 76.3 Å². The summed E-state index contributed by atoms with van der Waals surface area (Å²) in [4.78, 5) is 24.1. The molecule has 4 saturated heterocycles. The lowest BCUT2D eigenvalue weighted by Gasteiger charge is -2.49. The van der Waals surface area contributed by atoms with Gasteiger partial charge in [-0.25, -0.2) is 24.0 Å². The monoisotopic (exact) mass is 1380 g/mol. The molecule has 4 atom stereocenters. The lowest BCUT2D eigenvalue weighted by atomic mass is 9.79. The van der Waals surface area contributed by atoms with Crippen molar-refractivity contribution in [1.29, 1.82) is 10.5 Å². The number of likely N-dealkylation sites (N-methyl/N-ethyl adjacent to an activating group) is 1. The maximum atomic E-state index is 13.4. The summed E-state index contributed by atoms with van der Waals surface area (Å²) in [5.41, 5.74) is 20.6. The average Bonchev–Trinajstić information content (AvgIpc) is 1.39. The van der Waals surface area contributed by atoms with Crippen LogP contribution in [0.25, 0.3) is 85.0 Å². The quantitative estimate of drug-likeness (QED) is 0.104. The largest absolute Gasteiger partial charge is 0.395 e. The van der Waals surface area contributed by atoms with E-state index in [4.69, 9.17) is 15.5 Å². The van der Waals surface area contributed by atoms with Gasteiger partial charge >= 0.3 is 0 Å². The third-order valence-corrected chi connectivity index (χ3v) is 22.4. The van der Waals surface area contributed by atoms with Gasteiger partial charge in [-0.15, -0.1) is 10.2 Å². The van der Waals surface area contributed by atoms with Crippen LogP contribution in [0.4, 0.5) is 21.6 Å². The number of rotatable bonds is 12. The Balaban J connectivity index is 0.000000116. The van der Waals surface area contributed by atoms with Crippen molar-refractivity contribution in [3.63, 3.8) is 0 Å². The van der Waals surface area contributed by atoms with Gasteiger partial charge in [-0.3, -0.25) is 9.13 Å². The van der Waals surface area contributed by atoms with Crippen LogP contribution < -0.4 is 25.3 Å². The van der Waals surface area contributed by atoms with E-state index in [0.717, 1.165) is 175 Å². The van der Waals surface area contributed by atoms with E-state index in [9.17, 15) is 9.50 Å². The Hall–Kier alpha value is -11.3. The van der Waals surface area contributed by atoms with Crippen LogP contribution in [-0.4, -0.2) is 159 Å². The maximum Gasteiger partial charge on any atom is 0.185 e. The number of hydrogen-bond donors (Lipinski definition) is 3. The second-order valence-corrected chi connectivity index (χ2v) is 29.8. The Morgan fingerprint density at radius 2 is 1.28 bits per heavy atom. The van der Waals surface area contributed by atoms with Crippen LogP contribution in [-0.2, 0) is 19.6 Å². The fraction of sp³-hybridized carbons (Fsp3) is 0.317. The van der Waals surface area contributed by atoms with Gasteiger partial charge in [0, 0.05) is 142 Å². The molecule has 1 spiro atoms. The number of halogens is 1. The number of aromatic nitrogens is 12. The molecule has 14 heterocycles. The van der Waals surface area contributed by atoms with Crippen molar-refractivity contribution >= 4 is 17.2 Å². The minimum atomic E-state index is -0.228. The summed E-state index contributed by atoms with van der Waals surface area (Å²) in [5.74, 6) is 4.94. The van der Waals surface area contributed by atoms with Crippen LogP contribution in [0, 0.1) is 51.6 Å². The fourth-order valence-corrected chi connectivity index (χ4v) is 16.6. The molecule has 0 aliphatic carbocycles. The first kappa shape index (κ1) is 66.0. The molecule has 5 aromatic carbocycles. The Morgan fingerprint density at radius 1 is 0.663 bits per heavy atom. The second kappa shape index (κ2) is 27.2. The first-order valence-corrected chi connectivity index (χ1v) is 36.2. The Labute approximate surface area is 604 Å². The van der Waals surface area contributed by atoms with Gasteiger partial charge in [0.1, 0.15) is 24.3 Å². The number of imidazole rings is 1. The van der Waals surface area contributed by atoms with Crippen LogP contribution in [0.15, 0.2) is 183 Å². The Morgan fingerprint density at radius 3 is 1.90 bits per heavy atom. The molecule has 22 heteroatoms. The summed E-state index contributed by atoms with van der Waals surface area (Å²) in [6, 6.07) is 51.3. The molecule has 0 saturated carbocycles. The van der Waals surface area contributed by atoms with Gasteiger partial charge < -0.3 is 49.0 Å². The normalized spacial score (nSPS) is 18.0. The molecule has 7 aliphatic heterocycles. The van der Waals surface area contributed by atoms with Crippen LogP contribution in [0.3, 0.4) is 0 Å². The average molecular weight is 1380 g/mol. The van der Waals surface area contributed by atoms with Crippen molar-refractivity contribution in [3.8, 4) is 97.1 Å². The van der Waals surface area contributed by atoms with Crippen LogP contribution >= 0.6 is 0 Å². The molecular weight excluding hydrogens is 1300 g/mol. The molecule has 7 aromatic heterocycles. The van der Waals surface area contributed by atoms with Gasteiger partial charge in [0.25, 0.3) is 0 Å². The number of aliphatic hydroxyl groups is 1. The number of hydrogen-bond acceptors (Lipinski definition) is 15. The number of pyridine rings is 1. The van der Waals surface area contributed by atoms with Gasteiger partial charge in [0.15, 0.2) is 17.5 Å². The Kier molecular flexibility index (Phi) is 17.2. The van der Waals surface area contributed by atoms with E-state index >= 15 is 0 Å².